The van der Waals surface area contributed by atoms with Gasteiger partial charge in [-0.05, 0) is 33.6 Å². The van der Waals surface area contributed by atoms with Crippen molar-refractivity contribution in [2.75, 3.05) is 26.2 Å². The molecule has 7 heteroatoms. The number of carboxylic acid groups (broad SMARTS) is 1. The summed E-state index contributed by atoms with van der Waals surface area (Å²) in [7, 11) is 0. The van der Waals surface area contributed by atoms with Crippen LogP contribution in [0.25, 0.3) is 0 Å². The van der Waals surface area contributed by atoms with Crippen LogP contribution in [0.15, 0.2) is 0 Å². The van der Waals surface area contributed by atoms with Crippen LogP contribution in [0.3, 0.4) is 0 Å². The molecule has 0 aromatic carbocycles. The maximum Gasteiger partial charge on any atom is 0.408 e. The third-order valence-electron chi connectivity index (χ3n) is 3.13. The number of nitrogens with zero attached hydrogens (tertiary/aromatic N) is 1. The zero-order chi connectivity index (χ0) is 15.4. The van der Waals surface area contributed by atoms with Gasteiger partial charge in [0.1, 0.15) is 5.60 Å². The van der Waals surface area contributed by atoms with E-state index in [2.05, 4.69) is 5.32 Å². The first-order valence-electron chi connectivity index (χ1n) is 6.76. The van der Waals surface area contributed by atoms with E-state index in [1.807, 2.05) is 4.90 Å². The Bertz CT molecular complexity index is 366. The van der Waals surface area contributed by atoms with Gasteiger partial charge in [-0.2, -0.15) is 0 Å². The second kappa shape index (κ2) is 6.41. The van der Waals surface area contributed by atoms with Crippen molar-refractivity contribution in [1.29, 1.82) is 0 Å². The Kier molecular flexibility index (Phi) is 5.35. The second-order valence-corrected chi connectivity index (χ2v) is 6.12. The largest absolute Gasteiger partial charge is 0.479 e. The SMILES string of the molecule is CC(C)(C)OC(=O)NC1(C(=O)O)CCN(CCCO)C1. The van der Waals surface area contributed by atoms with E-state index in [1.54, 1.807) is 20.8 Å². The van der Waals surface area contributed by atoms with Crippen LogP contribution in [-0.4, -0.2) is 64.6 Å². The Morgan fingerprint density at radius 1 is 1.40 bits per heavy atom. The molecule has 0 aliphatic carbocycles. The van der Waals surface area contributed by atoms with Crippen molar-refractivity contribution in [2.24, 2.45) is 0 Å². The van der Waals surface area contributed by atoms with E-state index in [4.69, 9.17) is 9.84 Å². The number of carbonyl (C=O) groups is 2. The van der Waals surface area contributed by atoms with E-state index in [9.17, 15) is 14.7 Å². The molecular formula is C13H24N2O5. The molecule has 0 aromatic rings. The highest BCUT2D eigenvalue weighted by molar-refractivity contribution is 5.85. The van der Waals surface area contributed by atoms with Crippen molar-refractivity contribution in [2.45, 2.75) is 44.8 Å². The van der Waals surface area contributed by atoms with Crippen molar-refractivity contribution < 1.29 is 24.5 Å². The maximum absolute atomic E-state index is 11.8. The van der Waals surface area contributed by atoms with Gasteiger partial charge in [-0.15, -0.1) is 0 Å². The average Bonchev–Trinajstić information content (AvgIpc) is 2.68. The number of nitrogens with one attached hydrogen (secondary N) is 1. The molecule has 1 aliphatic rings. The lowest BCUT2D eigenvalue weighted by molar-refractivity contribution is -0.144. The average molecular weight is 288 g/mol. The van der Waals surface area contributed by atoms with E-state index < -0.39 is 23.2 Å². The first-order valence-corrected chi connectivity index (χ1v) is 6.76. The summed E-state index contributed by atoms with van der Waals surface area (Å²) < 4.78 is 5.12. The van der Waals surface area contributed by atoms with Crippen LogP contribution in [0.4, 0.5) is 4.79 Å². The molecule has 0 aromatic heterocycles. The van der Waals surface area contributed by atoms with Crippen LogP contribution in [0.1, 0.15) is 33.6 Å². The molecule has 116 valence electrons. The molecule has 1 aliphatic heterocycles. The highest BCUT2D eigenvalue weighted by Gasteiger charge is 2.46. The number of amides is 1. The lowest BCUT2D eigenvalue weighted by Gasteiger charge is -2.28. The third-order valence-corrected chi connectivity index (χ3v) is 3.13. The monoisotopic (exact) mass is 288 g/mol. The quantitative estimate of drug-likeness (QED) is 0.678. The molecule has 0 bridgehead atoms. The van der Waals surface area contributed by atoms with E-state index >= 15 is 0 Å². The number of carboxylic acids is 1. The fourth-order valence-electron chi connectivity index (χ4n) is 2.20. The Balaban J connectivity index is 2.66. The number of carbonyl (C=O) groups excluding carboxylic acids is 1. The number of hydrogen-bond acceptors (Lipinski definition) is 5. The number of alkyl carbamates (subject to hydrolysis) is 1. The van der Waals surface area contributed by atoms with Crippen LogP contribution in [0.5, 0.6) is 0 Å². The molecule has 1 fully saturated rings. The Labute approximate surface area is 118 Å². The van der Waals surface area contributed by atoms with Crippen LogP contribution >= 0.6 is 0 Å². The summed E-state index contributed by atoms with van der Waals surface area (Å²) in [5.74, 6) is -1.06. The van der Waals surface area contributed by atoms with Gasteiger partial charge in [0.05, 0.1) is 0 Å². The summed E-state index contributed by atoms with van der Waals surface area (Å²) >= 11 is 0. The van der Waals surface area contributed by atoms with Gasteiger partial charge in [0, 0.05) is 26.2 Å². The van der Waals surface area contributed by atoms with E-state index in [-0.39, 0.29) is 13.2 Å². The molecule has 1 atom stereocenters. The van der Waals surface area contributed by atoms with E-state index in [1.165, 1.54) is 0 Å². The van der Waals surface area contributed by atoms with Gasteiger partial charge >= 0.3 is 12.1 Å². The van der Waals surface area contributed by atoms with Gasteiger partial charge in [0.2, 0.25) is 0 Å². The normalized spacial score (nSPS) is 23.6. The number of ether oxygens (including phenoxy) is 1. The van der Waals surface area contributed by atoms with Crippen LogP contribution in [0.2, 0.25) is 0 Å². The molecule has 0 spiro atoms. The number of aliphatic hydroxyl groups excluding tert-OH is 1. The van der Waals surface area contributed by atoms with Crippen molar-refractivity contribution >= 4 is 12.1 Å². The number of hydrogen-bond donors (Lipinski definition) is 3. The fourth-order valence-corrected chi connectivity index (χ4v) is 2.20. The number of aliphatic hydroxyl groups is 1. The summed E-state index contributed by atoms with van der Waals surface area (Å²) in [5.41, 5.74) is -1.98. The summed E-state index contributed by atoms with van der Waals surface area (Å²) in [6.07, 6.45) is 0.193. The summed E-state index contributed by atoms with van der Waals surface area (Å²) in [4.78, 5) is 25.2. The van der Waals surface area contributed by atoms with E-state index in [0.717, 1.165) is 0 Å². The Morgan fingerprint density at radius 3 is 2.55 bits per heavy atom. The molecule has 1 unspecified atom stereocenters. The minimum absolute atomic E-state index is 0.0655. The number of rotatable bonds is 5. The number of aliphatic carboxylic acids is 1. The molecule has 20 heavy (non-hydrogen) atoms. The second-order valence-electron chi connectivity index (χ2n) is 6.12. The van der Waals surface area contributed by atoms with Crippen molar-refractivity contribution in [3.05, 3.63) is 0 Å². The van der Waals surface area contributed by atoms with Crippen LogP contribution in [-0.2, 0) is 9.53 Å². The van der Waals surface area contributed by atoms with Crippen molar-refractivity contribution in [3.8, 4) is 0 Å². The van der Waals surface area contributed by atoms with Crippen LogP contribution in [0, 0.1) is 0 Å². The highest BCUT2D eigenvalue weighted by atomic mass is 16.6. The van der Waals surface area contributed by atoms with Crippen molar-refractivity contribution in [1.82, 2.24) is 10.2 Å². The molecule has 1 saturated heterocycles. The Hall–Kier alpha value is -1.34. The smallest absolute Gasteiger partial charge is 0.408 e. The highest BCUT2D eigenvalue weighted by Crippen LogP contribution is 2.23. The minimum atomic E-state index is -1.31. The molecule has 3 N–H and O–H groups in total. The summed E-state index contributed by atoms with van der Waals surface area (Å²) in [6, 6.07) is 0. The first-order chi connectivity index (χ1) is 9.18. The molecule has 0 radical (unpaired) electrons. The van der Waals surface area contributed by atoms with Gasteiger partial charge in [0.15, 0.2) is 5.54 Å². The standard InChI is InChI=1S/C13H24N2O5/c1-12(2,3)20-11(19)14-13(10(17)18)5-7-15(9-13)6-4-8-16/h16H,4-9H2,1-3H3,(H,14,19)(H,17,18). The van der Waals surface area contributed by atoms with Gasteiger partial charge in [-0.1, -0.05) is 0 Å². The molecule has 0 saturated carbocycles. The lowest BCUT2D eigenvalue weighted by Crippen LogP contribution is -2.57. The number of likely N-dealkylation sites (tertiary alicyclic amines) is 1. The van der Waals surface area contributed by atoms with Gasteiger partial charge < -0.3 is 25.2 Å². The predicted octanol–water partition coefficient (Wildman–Crippen LogP) is 0.423. The van der Waals surface area contributed by atoms with Gasteiger partial charge in [-0.25, -0.2) is 9.59 Å². The first kappa shape index (κ1) is 16.7. The molecule has 1 amide bonds. The predicted molar refractivity (Wildman–Crippen MR) is 72.5 cm³/mol. The fraction of sp³-hybridized carbons (Fsp3) is 0.846. The summed E-state index contributed by atoms with van der Waals surface area (Å²) in [5, 5.41) is 20.7. The Morgan fingerprint density at radius 2 is 2.05 bits per heavy atom. The van der Waals surface area contributed by atoms with E-state index in [0.29, 0.717) is 25.9 Å². The van der Waals surface area contributed by atoms with Crippen molar-refractivity contribution in [3.63, 3.8) is 0 Å². The third kappa shape index (κ3) is 4.64. The molecule has 1 heterocycles. The van der Waals surface area contributed by atoms with Gasteiger partial charge in [-0.3, -0.25) is 0 Å². The maximum atomic E-state index is 11.8. The summed E-state index contributed by atoms with van der Waals surface area (Å²) in [6.45, 7) is 6.65. The zero-order valence-corrected chi connectivity index (χ0v) is 12.3. The van der Waals surface area contributed by atoms with Crippen LogP contribution < -0.4 is 5.32 Å². The molecule has 7 nitrogen and oxygen atoms in total. The zero-order valence-electron chi connectivity index (χ0n) is 12.3. The lowest BCUT2D eigenvalue weighted by atomic mass is 9.99. The minimum Gasteiger partial charge on any atom is -0.479 e. The van der Waals surface area contributed by atoms with Gasteiger partial charge in [0.25, 0.3) is 0 Å². The molecular weight excluding hydrogens is 264 g/mol. The molecule has 1 rings (SSSR count). The topological polar surface area (TPSA) is 99.1 Å².